The number of likely N-dealkylation sites (tertiary alicyclic amines) is 1. The molecule has 2 unspecified atom stereocenters. The van der Waals surface area contributed by atoms with E-state index >= 15 is 0 Å². The molecule has 1 N–H and O–H groups in total. The molecule has 0 spiro atoms. The van der Waals surface area contributed by atoms with E-state index in [1.54, 1.807) is 12.1 Å². The molecule has 20 heavy (non-hydrogen) atoms. The molecule has 0 radical (unpaired) electrons. The fourth-order valence-corrected chi connectivity index (χ4v) is 2.81. The van der Waals surface area contributed by atoms with Gasteiger partial charge in [0.2, 0.25) is 5.91 Å². The van der Waals surface area contributed by atoms with Crippen LogP contribution in [0.2, 0.25) is 0 Å². The molecule has 1 aromatic rings. The zero-order valence-electron chi connectivity index (χ0n) is 12.2. The third-order valence-corrected chi connectivity index (χ3v) is 3.93. The second-order valence-electron chi connectivity index (χ2n) is 5.46. The van der Waals surface area contributed by atoms with Gasteiger partial charge in [0, 0.05) is 24.6 Å². The monoisotopic (exact) mass is 278 g/mol. The van der Waals surface area contributed by atoms with Crippen molar-refractivity contribution >= 4 is 5.91 Å². The molecular formula is C16H23FN2O. The quantitative estimate of drug-likeness (QED) is 0.898. The molecule has 1 aromatic carbocycles. The second kappa shape index (κ2) is 6.84. The third-order valence-electron chi connectivity index (χ3n) is 3.93. The molecule has 2 rings (SSSR count). The lowest BCUT2D eigenvalue weighted by molar-refractivity contribution is -0.138. The van der Waals surface area contributed by atoms with Gasteiger partial charge in [-0.25, -0.2) is 4.39 Å². The Morgan fingerprint density at radius 2 is 2.20 bits per heavy atom. The smallest absolute Gasteiger partial charge is 0.225 e. The first-order valence-corrected chi connectivity index (χ1v) is 7.40. The Labute approximate surface area is 120 Å². The molecule has 0 aliphatic carbocycles. The maximum Gasteiger partial charge on any atom is 0.225 e. The maximum absolute atomic E-state index is 13.9. The van der Waals surface area contributed by atoms with E-state index in [1.807, 2.05) is 24.8 Å². The SMILES string of the molecule is CCNC(CN1CCCC(C)C1=O)c1ccccc1F. The van der Waals surface area contributed by atoms with Crippen molar-refractivity contribution in [2.75, 3.05) is 19.6 Å². The molecule has 1 heterocycles. The summed E-state index contributed by atoms with van der Waals surface area (Å²) in [5.41, 5.74) is 0.639. The number of halogens is 1. The van der Waals surface area contributed by atoms with Gasteiger partial charge >= 0.3 is 0 Å². The van der Waals surface area contributed by atoms with Crippen LogP contribution in [0.4, 0.5) is 4.39 Å². The van der Waals surface area contributed by atoms with Crippen LogP contribution >= 0.6 is 0 Å². The average Bonchev–Trinajstić information content (AvgIpc) is 2.44. The van der Waals surface area contributed by atoms with E-state index in [0.717, 1.165) is 25.9 Å². The Balaban J connectivity index is 2.13. The molecule has 1 fully saturated rings. The van der Waals surface area contributed by atoms with Crippen molar-refractivity contribution in [1.29, 1.82) is 0 Å². The minimum absolute atomic E-state index is 0.0895. The van der Waals surface area contributed by atoms with Crippen molar-refractivity contribution in [3.8, 4) is 0 Å². The van der Waals surface area contributed by atoms with Crippen molar-refractivity contribution in [1.82, 2.24) is 10.2 Å². The molecule has 1 amide bonds. The summed E-state index contributed by atoms with van der Waals surface area (Å²) in [6.07, 6.45) is 1.99. The summed E-state index contributed by atoms with van der Waals surface area (Å²) in [7, 11) is 0. The molecule has 0 saturated carbocycles. The largest absolute Gasteiger partial charge is 0.341 e. The van der Waals surface area contributed by atoms with Crippen LogP contribution in [0, 0.1) is 11.7 Å². The number of rotatable bonds is 5. The van der Waals surface area contributed by atoms with Crippen molar-refractivity contribution in [2.45, 2.75) is 32.7 Å². The van der Waals surface area contributed by atoms with Crippen LogP contribution in [-0.4, -0.2) is 30.4 Å². The maximum atomic E-state index is 13.9. The molecule has 0 bridgehead atoms. The summed E-state index contributed by atoms with van der Waals surface area (Å²) in [5, 5.41) is 3.29. The van der Waals surface area contributed by atoms with Gasteiger partial charge in [-0.15, -0.1) is 0 Å². The first-order valence-electron chi connectivity index (χ1n) is 7.40. The fraction of sp³-hybridized carbons (Fsp3) is 0.562. The highest BCUT2D eigenvalue weighted by Crippen LogP contribution is 2.22. The van der Waals surface area contributed by atoms with Gasteiger partial charge in [-0.2, -0.15) is 0 Å². The molecule has 2 atom stereocenters. The molecule has 1 aliphatic heterocycles. The lowest BCUT2D eigenvalue weighted by Gasteiger charge is -2.34. The van der Waals surface area contributed by atoms with Gasteiger partial charge in [-0.05, 0) is 25.5 Å². The van der Waals surface area contributed by atoms with Gasteiger partial charge in [-0.1, -0.05) is 32.0 Å². The molecule has 3 nitrogen and oxygen atoms in total. The lowest BCUT2D eigenvalue weighted by atomic mass is 9.97. The van der Waals surface area contributed by atoms with Crippen LogP contribution in [-0.2, 0) is 4.79 Å². The molecule has 0 aromatic heterocycles. The van der Waals surface area contributed by atoms with Crippen LogP contribution < -0.4 is 5.32 Å². The van der Waals surface area contributed by atoms with Crippen LogP contribution in [0.25, 0.3) is 0 Å². The molecule has 4 heteroatoms. The summed E-state index contributed by atoms with van der Waals surface area (Å²) in [6.45, 7) is 6.03. The number of hydrogen-bond donors (Lipinski definition) is 1. The number of carbonyl (C=O) groups excluding carboxylic acids is 1. The van der Waals surface area contributed by atoms with Gasteiger partial charge in [-0.3, -0.25) is 4.79 Å². The number of carbonyl (C=O) groups is 1. The third kappa shape index (κ3) is 3.37. The van der Waals surface area contributed by atoms with E-state index in [9.17, 15) is 9.18 Å². The van der Waals surface area contributed by atoms with E-state index in [4.69, 9.17) is 0 Å². The molecule has 1 saturated heterocycles. The van der Waals surface area contributed by atoms with E-state index in [2.05, 4.69) is 5.32 Å². The van der Waals surface area contributed by atoms with Crippen LogP contribution in [0.3, 0.4) is 0 Å². The minimum Gasteiger partial charge on any atom is -0.341 e. The summed E-state index contributed by atoms with van der Waals surface area (Å²) < 4.78 is 13.9. The first kappa shape index (κ1) is 15.0. The predicted octanol–water partition coefficient (Wildman–Crippen LogP) is 2.73. The predicted molar refractivity (Wildman–Crippen MR) is 77.8 cm³/mol. The van der Waals surface area contributed by atoms with Gasteiger partial charge in [0.1, 0.15) is 5.82 Å². The number of nitrogens with zero attached hydrogens (tertiary/aromatic N) is 1. The zero-order chi connectivity index (χ0) is 14.5. The number of hydrogen-bond acceptors (Lipinski definition) is 2. The van der Waals surface area contributed by atoms with Gasteiger partial charge in [0.15, 0.2) is 0 Å². The lowest BCUT2D eigenvalue weighted by Crippen LogP contribution is -2.44. The normalized spacial score (nSPS) is 21.1. The van der Waals surface area contributed by atoms with Gasteiger partial charge in [0.25, 0.3) is 0 Å². The van der Waals surface area contributed by atoms with Crippen molar-refractivity contribution in [2.24, 2.45) is 5.92 Å². The summed E-state index contributed by atoms with van der Waals surface area (Å²) >= 11 is 0. The Morgan fingerprint density at radius 3 is 2.90 bits per heavy atom. The second-order valence-corrected chi connectivity index (χ2v) is 5.46. The number of nitrogens with one attached hydrogen (secondary N) is 1. The Bertz CT molecular complexity index is 464. The number of benzene rings is 1. The van der Waals surface area contributed by atoms with E-state index in [1.165, 1.54) is 6.07 Å². The molecule has 1 aliphatic rings. The topological polar surface area (TPSA) is 32.3 Å². The summed E-state index contributed by atoms with van der Waals surface area (Å²) in [5.74, 6) is 0.0677. The minimum atomic E-state index is -0.212. The van der Waals surface area contributed by atoms with Crippen LogP contribution in [0.5, 0.6) is 0 Å². The van der Waals surface area contributed by atoms with E-state index in [-0.39, 0.29) is 23.7 Å². The van der Waals surface area contributed by atoms with Crippen LogP contribution in [0.1, 0.15) is 38.3 Å². The summed E-state index contributed by atoms with van der Waals surface area (Å²) in [4.78, 5) is 14.1. The average molecular weight is 278 g/mol. The highest BCUT2D eigenvalue weighted by Gasteiger charge is 2.28. The Morgan fingerprint density at radius 1 is 1.45 bits per heavy atom. The molecule has 110 valence electrons. The number of amides is 1. The highest BCUT2D eigenvalue weighted by molar-refractivity contribution is 5.79. The van der Waals surface area contributed by atoms with Crippen molar-refractivity contribution in [3.05, 3.63) is 35.6 Å². The van der Waals surface area contributed by atoms with Crippen molar-refractivity contribution < 1.29 is 9.18 Å². The Kier molecular flexibility index (Phi) is 5.12. The molecular weight excluding hydrogens is 255 g/mol. The number of piperidine rings is 1. The zero-order valence-corrected chi connectivity index (χ0v) is 12.2. The van der Waals surface area contributed by atoms with E-state index < -0.39 is 0 Å². The van der Waals surface area contributed by atoms with E-state index in [0.29, 0.717) is 12.1 Å². The highest BCUT2D eigenvalue weighted by atomic mass is 19.1. The number of likely N-dealkylation sites (N-methyl/N-ethyl adjacent to an activating group) is 1. The summed E-state index contributed by atoms with van der Waals surface area (Å²) in [6, 6.07) is 6.65. The standard InChI is InChI=1S/C16H23FN2O/c1-3-18-15(13-8-4-5-9-14(13)17)11-19-10-6-7-12(2)16(19)20/h4-5,8-9,12,15,18H,3,6-7,10-11H2,1-2H3. The fourth-order valence-electron chi connectivity index (χ4n) is 2.81. The van der Waals surface area contributed by atoms with Gasteiger partial charge in [0.05, 0.1) is 6.04 Å². The Hall–Kier alpha value is -1.42. The first-order chi connectivity index (χ1) is 9.63. The van der Waals surface area contributed by atoms with Crippen LogP contribution in [0.15, 0.2) is 24.3 Å². The van der Waals surface area contributed by atoms with Crippen molar-refractivity contribution in [3.63, 3.8) is 0 Å². The van der Waals surface area contributed by atoms with Gasteiger partial charge < -0.3 is 10.2 Å².